The molecule has 1 fully saturated rings. The van der Waals surface area contributed by atoms with Gasteiger partial charge in [-0.15, -0.1) is 0 Å². The van der Waals surface area contributed by atoms with Gasteiger partial charge in [-0.05, 0) is 42.5 Å². The standard InChI is InChI=1S/C22H22N4O4/c27-21(16-26-22(28)11-10-20(24-26)25-12-14-29-15-13-25)23-17-6-8-19(9-7-17)30-18-4-2-1-3-5-18/h1-11H,12-16H2,(H,23,27). The first-order chi connectivity index (χ1) is 14.7. The average molecular weight is 406 g/mol. The summed E-state index contributed by atoms with van der Waals surface area (Å²) in [5.41, 5.74) is 0.284. The number of ether oxygens (including phenoxy) is 2. The van der Waals surface area contributed by atoms with Crippen molar-refractivity contribution >= 4 is 17.4 Å². The van der Waals surface area contributed by atoms with Crippen molar-refractivity contribution in [3.63, 3.8) is 0 Å². The molecule has 0 unspecified atom stereocenters. The first-order valence-electron chi connectivity index (χ1n) is 9.71. The number of carbonyl (C=O) groups is 1. The normalized spacial score (nSPS) is 13.7. The number of aromatic nitrogens is 2. The summed E-state index contributed by atoms with van der Waals surface area (Å²) in [6.45, 7) is 2.47. The number of para-hydroxylation sites is 1. The van der Waals surface area contributed by atoms with Crippen molar-refractivity contribution in [1.29, 1.82) is 0 Å². The Bertz CT molecular complexity index is 1040. The number of morpholine rings is 1. The molecule has 8 heteroatoms. The Morgan fingerprint density at radius 1 is 0.967 bits per heavy atom. The predicted molar refractivity (Wildman–Crippen MR) is 113 cm³/mol. The summed E-state index contributed by atoms with van der Waals surface area (Å²) in [4.78, 5) is 26.6. The van der Waals surface area contributed by atoms with Crippen LogP contribution in [-0.4, -0.2) is 42.0 Å². The van der Waals surface area contributed by atoms with Crippen molar-refractivity contribution in [3.05, 3.63) is 77.1 Å². The van der Waals surface area contributed by atoms with Crippen LogP contribution in [-0.2, 0) is 16.1 Å². The highest BCUT2D eigenvalue weighted by Gasteiger charge is 2.14. The summed E-state index contributed by atoms with van der Waals surface area (Å²) in [5, 5.41) is 7.11. The van der Waals surface area contributed by atoms with Gasteiger partial charge in [0.2, 0.25) is 5.91 Å². The Hall–Kier alpha value is -3.65. The highest BCUT2D eigenvalue weighted by molar-refractivity contribution is 5.90. The molecule has 1 N–H and O–H groups in total. The topological polar surface area (TPSA) is 85.7 Å². The van der Waals surface area contributed by atoms with Crippen molar-refractivity contribution in [1.82, 2.24) is 9.78 Å². The SMILES string of the molecule is O=C(Cn1nc(N2CCOCC2)ccc1=O)Nc1ccc(Oc2ccccc2)cc1. The van der Waals surface area contributed by atoms with Crippen molar-refractivity contribution < 1.29 is 14.3 Å². The first-order valence-corrected chi connectivity index (χ1v) is 9.71. The number of hydrogen-bond acceptors (Lipinski definition) is 6. The number of carbonyl (C=O) groups excluding carboxylic acids is 1. The molecule has 0 saturated carbocycles. The fourth-order valence-corrected chi connectivity index (χ4v) is 3.08. The summed E-state index contributed by atoms with van der Waals surface area (Å²) in [5.74, 6) is 1.73. The van der Waals surface area contributed by atoms with E-state index >= 15 is 0 Å². The minimum absolute atomic E-state index is 0.167. The molecule has 2 heterocycles. The van der Waals surface area contributed by atoms with Gasteiger partial charge in [0.05, 0.1) is 13.2 Å². The second kappa shape index (κ2) is 9.23. The molecule has 1 amide bonds. The molecule has 0 atom stereocenters. The Morgan fingerprint density at radius 3 is 2.40 bits per heavy atom. The first kappa shape index (κ1) is 19.7. The Labute approximate surface area is 173 Å². The third-order valence-electron chi connectivity index (χ3n) is 4.60. The van der Waals surface area contributed by atoms with Crippen LogP contribution < -0.4 is 20.5 Å². The maximum atomic E-state index is 12.4. The summed E-state index contributed by atoms with van der Waals surface area (Å²) < 4.78 is 12.2. The highest BCUT2D eigenvalue weighted by atomic mass is 16.5. The molecule has 3 aromatic rings. The van der Waals surface area contributed by atoms with E-state index in [-0.39, 0.29) is 18.0 Å². The molecule has 30 heavy (non-hydrogen) atoms. The van der Waals surface area contributed by atoms with Gasteiger partial charge in [-0.1, -0.05) is 18.2 Å². The molecule has 0 radical (unpaired) electrons. The minimum atomic E-state index is -0.333. The zero-order valence-corrected chi connectivity index (χ0v) is 16.4. The van der Waals surface area contributed by atoms with Crippen LogP contribution in [0.15, 0.2) is 71.5 Å². The fourth-order valence-electron chi connectivity index (χ4n) is 3.08. The van der Waals surface area contributed by atoms with Crippen molar-refractivity contribution in [3.8, 4) is 11.5 Å². The number of benzene rings is 2. The lowest BCUT2D eigenvalue weighted by Gasteiger charge is -2.27. The smallest absolute Gasteiger partial charge is 0.267 e. The fraction of sp³-hybridized carbons (Fsp3) is 0.227. The molecule has 0 aliphatic carbocycles. The van der Waals surface area contributed by atoms with Crippen LogP contribution in [0, 0.1) is 0 Å². The lowest BCUT2D eigenvalue weighted by atomic mass is 10.3. The van der Waals surface area contributed by atoms with E-state index in [0.717, 1.165) is 5.75 Å². The van der Waals surface area contributed by atoms with E-state index in [1.165, 1.54) is 10.7 Å². The van der Waals surface area contributed by atoms with Gasteiger partial charge >= 0.3 is 0 Å². The quantitative estimate of drug-likeness (QED) is 0.677. The molecule has 154 valence electrons. The summed E-state index contributed by atoms with van der Waals surface area (Å²) >= 11 is 0. The molecule has 1 aliphatic heterocycles. The van der Waals surface area contributed by atoms with Crippen LogP contribution in [0.2, 0.25) is 0 Å². The third-order valence-corrected chi connectivity index (χ3v) is 4.60. The molecule has 4 rings (SSSR count). The lowest BCUT2D eigenvalue weighted by molar-refractivity contribution is -0.117. The number of hydrogen-bond donors (Lipinski definition) is 1. The van der Waals surface area contributed by atoms with Crippen LogP contribution in [0.4, 0.5) is 11.5 Å². The molecule has 8 nitrogen and oxygen atoms in total. The molecule has 1 aliphatic rings. The number of nitrogens with zero attached hydrogens (tertiary/aromatic N) is 3. The zero-order chi connectivity index (χ0) is 20.8. The maximum absolute atomic E-state index is 12.4. The summed E-state index contributed by atoms with van der Waals surface area (Å²) in [6.07, 6.45) is 0. The van der Waals surface area contributed by atoms with Gasteiger partial charge < -0.3 is 19.7 Å². The summed E-state index contributed by atoms with van der Waals surface area (Å²) in [7, 11) is 0. The van der Waals surface area contributed by atoms with Crippen LogP contribution in [0.3, 0.4) is 0 Å². The van der Waals surface area contributed by atoms with E-state index in [1.54, 1.807) is 30.3 Å². The van der Waals surface area contributed by atoms with Crippen LogP contribution in [0.25, 0.3) is 0 Å². The lowest BCUT2D eigenvalue weighted by Crippen LogP contribution is -2.38. The molecular formula is C22H22N4O4. The second-order valence-corrected chi connectivity index (χ2v) is 6.77. The van der Waals surface area contributed by atoms with Crippen molar-refractivity contribution in [2.45, 2.75) is 6.54 Å². The Morgan fingerprint density at radius 2 is 1.67 bits per heavy atom. The molecule has 1 saturated heterocycles. The Kier molecular flexibility index (Phi) is 6.05. The monoisotopic (exact) mass is 406 g/mol. The number of nitrogens with one attached hydrogen (secondary N) is 1. The van der Waals surface area contributed by atoms with E-state index in [0.29, 0.717) is 43.6 Å². The minimum Gasteiger partial charge on any atom is -0.457 e. The van der Waals surface area contributed by atoms with Gasteiger partial charge in [-0.25, -0.2) is 4.68 Å². The second-order valence-electron chi connectivity index (χ2n) is 6.77. The predicted octanol–water partition coefficient (Wildman–Crippen LogP) is 2.51. The number of rotatable bonds is 6. The number of amides is 1. The average Bonchev–Trinajstić information content (AvgIpc) is 2.78. The summed E-state index contributed by atoms with van der Waals surface area (Å²) in [6, 6.07) is 19.6. The van der Waals surface area contributed by atoms with Gasteiger partial charge in [-0.2, -0.15) is 5.10 Å². The van der Waals surface area contributed by atoms with E-state index in [9.17, 15) is 9.59 Å². The van der Waals surface area contributed by atoms with E-state index in [2.05, 4.69) is 10.4 Å². The van der Waals surface area contributed by atoms with Crippen LogP contribution in [0.1, 0.15) is 0 Å². The van der Waals surface area contributed by atoms with E-state index in [1.807, 2.05) is 35.2 Å². The van der Waals surface area contributed by atoms with Gasteiger partial charge in [0.25, 0.3) is 5.56 Å². The Balaban J connectivity index is 1.38. The number of anilines is 2. The van der Waals surface area contributed by atoms with Crippen molar-refractivity contribution in [2.24, 2.45) is 0 Å². The molecule has 1 aromatic heterocycles. The molecular weight excluding hydrogens is 384 g/mol. The zero-order valence-electron chi connectivity index (χ0n) is 16.4. The third kappa shape index (κ3) is 5.03. The molecule has 0 bridgehead atoms. The van der Waals surface area contributed by atoms with Gasteiger partial charge in [-0.3, -0.25) is 9.59 Å². The molecule has 2 aromatic carbocycles. The van der Waals surface area contributed by atoms with E-state index in [4.69, 9.17) is 9.47 Å². The van der Waals surface area contributed by atoms with Gasteiger partial charge in [0.1, 0.15) is 23.9 Å². The van der Waals surface area contributed by atoms with Gasteiger partial charge in [0.15, 0.2) is 0 Å². The largest absolute Gasteiger partial charge is 0.457 e. The van der Waals surface area contributed by atoms with Crippen LogP contribution in [0.5, 0.6) is 11.5 Å². The van der Waals surface area contributed by atoms with Crippen molar-refractivity contribution in [2.75, 3.05) is 36.5 Å². The molecule has 0 spiro atoms. The van der Waals surface area contributed by atoms with Gasteiger partial charge in [0, 0.05) is 24.8 Å². The van der Waals surface area contributed by atoms with Crippen LogP contribution >= 0.6 is 0 Å². The highest BCUT2D eigenvalue weighted by Crippen LogP contribution is 2.22. The van der Waals surface area contributed by atoms with E-state index < -0.39 is 0 Å². The maximum Gasteiger partial charge on any atom is 0.267 e.